The molecular weight excluding hydrogens is 182 g/mol. The standard InChI is InChI=1S/C10H9NOS/c1-12-10-9(13-7-11-10)8-5-3-2-4-6-8/h2-7H,1H3. The fourth-order valence-corrected chi connectivity index (χ4v) is 1.93. The molecule has 0 aliphatic heterocycles. The van der Waals surface area contributed by atoms with Gasteiger partial charge in [-0.1, -0.05) is 30.3 Å². The van der Waals surface area contributed by atoms with Crippen molar-refractivity contribution in [2.24, 2.45) is 0 Å². The molecule has 0 radical (unpaired) electrons. The molecule has 0 N–H and O–H groups in total. The summed E-state index contributed by atoms with van der Waals surface area (Å²) in [6.45, 7) is 0. The molecule has 0 bridgehead atoms. The van der Waals surface area contributed by atoms with Crippen molar-refractivity contribution in [2.45, 2.75) is 0 Å². The number of ether oxygens (including phenoxy) is 1. The van der Waals surface area contributed by atoms with Crippen LogP contribution >= 0.6 is 11.3 Å². The molecule has 0 saturated heterocycles. The number of rotatable bonds is 2. The molecule has 1 aromatic carbocycles. The van der Waals surface area contributed by atoms with E-state index in [0.717, 1.165) is 10.4 Å². The molecule has 2 nitrogen and oxygen atoms in total. The fraction of sp³-hybridized carbons (Fsp3) is 0.100. The van der Waals surface area contributed by atoms with Gasteiger partial charge in [-0.25, -0.2) is 4.98 Å². The number of nitrogens with zero attached hydrogens (tertiary/aromatic N) is 1. The summed E-state index contributed by atoms with van der Waals surface area (Å²) in [6.07, 6.45) is 0. The Bertz CT molecular complexity index is 383. The average molecular weight is 191 g/mol. The van der Waals surface area contributed by atoms with E-state index in [9.17, 15) is 0 Å². The van der Waals surface area contributed by atoms with Crippen LogP contribution in [-0.4, -0.2) is 12.1 Å². The zero-order chi connectivity index (χ0) is 9.10. The molecule has 0 amide bonds. The minimum absolute atomic E-state index is 0.705. The van der Waals surface area contributed by atoms with Gasteiger partial charge in [0.15, 0.2) is 0 Å². The largest absolute Gasteiger partial charge is 0.480 e. The quantitative estimate of drug-likeness (QED) is 0.728. The fourth-order valence-electron chi connectivity index (χ4n) is 1.16. The number of aromatic nitrogens is 1. The predicted molar refractivity (Wildman–Crippen MR) is 54.1 cm³/mol. The van der Waals surface area contributed by atoms with Crippen LogP contribution in [0.2, 0.25) is 0 Å². The number of benzene rings is 1. The summed E-state index contributed by atoms with van der Waals surface area (Å²) in [4.78, 5) is 5.19. The molecule has 0 fully saturated rings. The van der Waals surface area contributed by atoms with Gasteiger partial charge in [-0.05, 0) is 5.56 Å². The van der Waals surface area contributed by atoms with E-state index >= 15 is 0 Å². The molecule has 0 spiro atoms. The molecule has 1 heterocycles. The first-order chi connectivity index (χ1) is 6.42. The van der Waals surface area contributed by atoms with Crippen LogP contribution in [0.4, 0.5) is 0 Å². The Morgan fingerprint density at radius 1 is 1.23 bits per heavy atom. The zero-order valence-electron chi connectivity index (χ0n) is 7.23. The van der Waals surface area contributed by atoms with Gasteiger partial charge in [0.05, 0.1) is 17.5 Å². The number of thiazole rings is 1. The van der Waals surface area contributed by atoms with Gasteiger partial charge < -0.3 is 4.74 Å². The van der Waals surface area contributed by atoms with Crippen molar-refractivity contribution in [1.29, 1.82) is 0 Å². The summed E-state index contributed by atoms with van der Waals surface area (Å²) in [5, 5.41) is 0. The highest BCUT2D eigenvalue weighted by molar-refractivity contribution is 7.13. The predicted octanol–water partition coefficient (Wildman–Crippen LogP) is 2.82. The Morgan fingerprint density at radius 2 is 2.00 bits per heavy atom. The molecule has 0 aliphatic rings. The van der Waals surface area contributed by atoms with E-state index in [4.69, 9.17) is 4.74 Å². The third-order valence-electron chi connectivity index (χ3n) is 1.76. The van der Waals surface area contributed by atoms with Gasteiger partial charge in [-0.15, -0.1) is 11.3 Å². The molecule has 2 rings (SSSR count). The lowest BCUT2D eigenvalue weighted by molar-refractivity contribution is 0.402. The first-order valence-electron chi connectivity index (χ1n) is 3.94. The summed E-state index contributed by atoms with van der Waals surface area (Å²) in [6, 6.07) is 10.1. The smallest absolute Gasteiger partial charge is 0.232 e. The number of hydrogen-bond donors (Lipinski definition) is 0. The second kappa shape index (κ2) is 3.58. The minimum atomic E-state index is 0.705. The lowest BCUT2D eigenvalue weighted by Gasteiger charge is -1.99. The molecular formula is C10H9NOS. The third kappa shape index (κ3) is 1.55. The first kappa shape index (κ1) is 8.26. The van der Waals surface area contributed by atoms with E-state index < -0.39 is 0 Å². The van der Waals surface area contributed by atoms with Crippen molar-refractivity contribution in [3.8, 4) is 16.3 Å². The van der Waals surface area contributed by atoms with E-state index in [2.05, 4.69) is 17.1 Å². The van der Waals surface area contributed by atoms with Crippen LogP contribution in [0.5, 0.6) is 5.88 Å². The third-order valence-corrected chi connectivity index (χ3v) is 2.62. The van der Waals surface area contributed by atoms with Crippen molar-refractivity contribution in [2.75, 3.05) is 7.11 Å². The van der Waals surface area contributed by atoms with E-state index in [0.29, 0.717) is 5.88 Å². The Morgan fingerprint density at radius 3 is 2.69 bits per heavy atom. The highest BCUT2D eigenvalue weighted by Crippen LogP contribution is 2.32. The topological polar surface area (TPSA) is 22.1 Å². The van der Waals surface area contributed by atoms with E-state index in [1.807, 2.05) is 18.2 Å². The van der Waals surface area contributed by atoms with Crippen LogP contribution in [0.15, 0.2) is 35.8 Å². The van der Waals surface area contributed by atoms with Gasteiger partial charge in [0, 0.05) is 0 Å². The van der Waals surface area contributed by atoms with Crippen molar-refractivity contribution in [3.63, 3.8) is 0 Å². The van der Waals surface area contributed by atoms with Gasteiger partial charge in [0.1, 0.15) is 0 Å². The monoisotopic (exact) mass is 191 g/mol. The van der Waals surface area contributed by atoms with Gasteiger partial charge in [-0.3, -0.25) is 0 Å². The van der Waals surface area contributed by atoms with Crippen LogP contribution < -0.4 is 4.74 Å². The molecule has 2 aromatic rings. The molecule has 0 unspecified atom stereocenters. The Kier molecular flexibility index (Phi) is 2.27. The Balaban J connectivity index is 2.47. The summed E-state index contributed by atoms with van der Waals surface area (Å²) in [7, 11) is 1.64. The van der Waals surface area contributed by atoms with E-state index in [-0.39, 0.29) is 0 Å². The minimum Gasteiger partial charge on any atom is -0.480 e. The van der Waals surface area contributed by atoms with Crippen molar-refractivity contribution in [1.82, 2.24) is 4.98 Å². The summed E-state index contributed by atoms with van der Waals surface area (Å²) < 4.78 is 5.14. The molecule has 0 saturated carbocycles. The maximum absolute atomic E-state index is 5.14. The Hall–Kier alpha value is -1.35. The van der Waals surface area contributed by atoms with Crippen LogP contribution in [0.1, 0.15) is 0 Å². The lowest BCUT2D eigenvalue weighted by atomic mass is 10.2. The summed E-state index contributed by atoms with van der Waals surface area (Å²) >= 11 is 1.59. The van der Waals surface area contributed by atoms with Crippen LogP contribution in [0, 0.1) is 0 Å². The van der Waals surface area contributed by atoms with Crippen LogP contribution in [0.25, 0.3) is 10.4 Å². The normalized spacial score (nSPS) is 9.92. The maximum atomic E-state index is 5.14. The number of methoxy groups -OCH3 is 1. The van der Waals surface area contributed by atoms with Gasteiger partial charge in [0.25, 0.3) is 0 Å². The van der Waals surface area contributed by atoms with Crippen LogP contribution in [-0.2, 0) is 0 Å². The lowest BCUT2D eigenvalue weighted by Crippen LogP contribution is -1.84. The highest BCUT2D eigenvalue weighted by Gasteiger charge is 2.07. The molecule has 0 aliphatic carbocycles. The van der Waals surface area contributed by atoms with Crippen LogP contribution in [0.3, 0.4) is 0 Å². The summed E-state index contributed by atoms with van der Waals surface area (Å²) in [5.74, 6) is 0.705. The molecule has 0 atom stereocenters. The van der Waals surface area contributed by atoms with Gasteiger partial charge in [0.2, 0.25) is 5.88 Å². The summed E-state index contributed by atoms with van der Waals surface area (Å²) in [5.41, 5.74) is 2.95. The van der Waals surface area contributed by atoms with Gasteiger partial charge in [-0.2, -0.15) is 0 Å². The van der Waals surface area contributed by atoms with Gasteiger partial charge >= 0.3 is 0 Å². The molecule has 13 heavy (non-hydrogen) atoms. The second-order valence-corrected chi connectivity index (χ2v) is 3.41. The van der Waals surface area contributed by atoms with Crippen molar-refractivity contribution in [3.05, 3.63) is 35.8 Å². The first-order valence-corrected chi connectivity index (χ1v) is 4.82. The maximum Gasteiger partial charge on any atom is 0.232 e. The average Bonchev–Trinajstić information content (AvgIpc) is 2.67. The molecule has 3 heteroatoms. The zero-order valence-corrected chi connectivity index (χ0v) is 8.04. The van der Waals surface area contributed by atoms with E-state index in [1.165, 1.54) is 0 Å². The SMILES string of the molecule is COc1ncsc1-c1ccccc1. The number of hydrogen-bond acceptors (Lipinski definition) is 3. The van der Waals surface area contributed by atoms with E-state index in [1.54, 1.807) is 24.0 Å². The Labute approximate surface area is 80.8 Å². The molecule has 66 valence electrons. The second-order valence-electron chi connectivity index (χ2n) is 2.56. The van der Waals surface area contributed by atoms with Crippen molar-refractivity contribution < 1.29 is 4.74 Å². The molecule has 1 aromatic heterocycles. The van der Waals surface area contributed by atoms with Crippen molar-refractivity contribution >= 4 is 11.3 Å². The highest BCUT2D eigenvalue weighted by atomic mass is 32.1.